The van der Waals surface area contributed by atoms with E-state index in [-0.39, 0.29) is 35.5 Å². The summed E-state index contributed by atoms with van der Waals surface area (Å²) in [5, 5.41) is 18.2. The van der Waals surface area contributed by atoms with E-state index in [0.29, 0.717) is 24.2 Å². The van der Waals surface area contributed by atoms with Crippen molar-refractivity contribution in [3.63, 3.8) is 0 Å². The van der Waals surface area contributed by atoms with Gasteiger partial charge in [0.05, 0.1) is 15.5 Å². The van der Waals surface area contributed by atoms with Crippen LogP contribution in [0.1, 0.15) is 18.4 Å². The van der Waals surface area contributed by atoms with Crippen LogP contribution in [0.3, 0.4) is 0 Å². The van der Waals surface area contributed by atoms with Crippen molar-refractivity contribution >= 4 is 27.4 Å². The van der Waals surface area contributed by atoms with E-state index < -0.39 is 14.9 Å². The summed E-state index contributed by atoms with van der Waals surface area (Å²) in [6.45, 7) is 1.91. The first kappa shape index (κ1) is 22.6. The van der Waals surface area contributed by atoms with Crippen molar-refractivity contribution in [1.29, 1.82) is 0 Å². The molecule has 0 aliphatic carbocycles. The van der Waals surface area contributed by atoms with Crippen LogP contribution >= 0.6 is 0 Å². The average Bonchev–Trinajstić information content (AvgIpc) is 3.28. The summed E-state index contributed by atoms with van der Waals surface area (Å²) in [7, 11) is -3.90. The zero-order valence-electron chi connectivity index (χ0n) is 17.9. The normalized spacial score (nSPS) is 15.3. The van der Waals surface area contributed by atoms with Gasteiger partial charge in [0.1, 0.15) is 0 Å². The first-order valence-corrected chi connectivity index (χ1v) is 11.9. The Morgan fingerprint density at radius 2 is 1.82 bits per heavy atom. The first-order chi connectivity index (χ1) is 15.8. The van der Waals surface area contributed by atoms with Crippen LogP contribution in [0.2, 0.25) is 0 Å². The number of amides is 1. The number of anilines is 1. The molecule has 172 valence electrons. The minimum Gasteiger partial charge on any atom is -0.309 e. The standard InChI is InChI=1S/C22H23N5O5S/c1-16-7-8-19(27(29)30)15-20(16)33(31,32)25-12-9-17(10-13-25)22(28)23-21-11-14-26(24-21)18-5-3-2-4-6-18/h2-8,11,14-15,17H,9-10,12-13H2,1H3,(H,23,24,28). The smallest absolute Gasteiger partial charge is 0.270 e. The number of carbonyl (C=O) groups excluding carboxylic acids is 1. The molecule has 3 aromatic rings. The number of para-hydroxylation sites is 1. The summed E-state index contributed by atoms with van der Waals surface area (Å²) >= 11 is 0. The molecule has 1 N–H and O–H groups in total. The molecule has 1 aliphatic rings. The van der Waals surface area contributed by atoms with Gasteiger partial charge < -0.3 is 5.32 Å². The van der Waals surface area contributed by atoms with Gasteiger partial charge in [-0.15, -0.1) is 0 Å². The van der Waals surface area contributed by atoms with Gasteiger partial charge in [-0.1, -0.05) is 24.3 Å². The third-order valence-corrected chi connectivity index (χ3v) is 7.73. The van der Waals surface area contributed by atoms with E-state index in [1.165, 1.54) is 16.4 Å². The SMILES string of the molecule is Cc1ccc([N+](=O)[O-])cc1S(=O)(=O)N1CCC(C(=O)Nc2ccn(-c3ccccc3)n2)CC1. The van der Waals surface area contributed by atoms with Crippen molar-refractivity contribution in [2.24, 2.45) is 5.92 Å². The van der Waals surface area contributed by atoms with Crippen LogP contribution in [-0.2, 0) is 14.8 Å². The quantitative estimate of drug-likeness (QED) is 0.436. The lowest BCUT2D eigenvalue weighted by Gasteiger charge is -2.30. The molecule has 1 saturated heterocycles. The number of hydrogen-bond donors (Lipinski definition) is 1. The number of hydrogen-bond acceptors (Lipinski definition) is 6. The second-order valence-electron chi connectivity index (χ2n) is 7.86. The summed E-state index contributed by atoms with van der Waals surface area (Å²) in [6, 6.07) is 15.0. The van der Waals surface area contributed by atoms with Gasteiger partial charge in [0, 0.05) is 43.4 Å². The van der Waals surface area contributed by atoms with E-state index >= 15 is 0 Å². The molecule has 0 bridgehead atoms. The average molecular weight is 470 g/mol. The molecule has 1 amide bonds. The number of nitrogens with zero attached hydrogens (tertiary/aromatic N) is 4. The Morgan fingerprint density at radius 1 is 1.12 bits per heavy atom. The molecule has 0 spiro atoms. The monoisotopic (exact) mass is 469 g/mol. The van der Waals surface area contributed by atoms with Gasteiger partial charge in [-0.25, -0.2) is 13.1 Å². The summed E-state index contributed by atoms with van der Waals surface area (Å²) in [4.78, 5) is 23.1. The molecule has 0 atom stereocenters. The minimum absolute atomic E-state index is 0.0777. The zero-order chi connectivity index (χ0) is 23.6. The zero-order valence-corrected chi connectivity index (χ0v) is 18.7. The third-order valence-electron chi connectivity index (χ3n) is 5.69. The Kier molecular flexibility index (Phi) is 6.25. The Labute approximate surface area is 191 Å². The lowest BCUT2D eigenvalue weighted by molar-refractivity contribution is -0.385. The van der Waals surface area contributed by atoms with Crippen LogP contribution in [0.4, 0.5) is 11.5 Å². The maximum atomic E-state index is 13.1. The Hall–Kier alpha value is -3.57. The van der Waals surface area contributed by atoms with E-state index in [1.807, 2.05) is 30.3 Å². The van der Waals surface area contributed by atoms with Gasteiger partial charge in [-0.2, -0.15) is 9.40 Å². The van der Waals surface area contributed by atoms with Crippen LogP contribution in [0.25, 0.3) is 5.69 Å². The van der Waals surface area contributed by atoms with E-state index in [9.17, 15) is 23.3 Å². The molecule has 11 heteroatoms. The second-order valence-corrected chi connectivity index (χ2v) is 9.76. The van der Waals surface area contributed by atoms with Gasteiger partial charge in [-0.05, 0) is 37.5 Å². The van der Waals surface area contributed by atoms with Gasteiger partial charge in [-0.3, -0.25) is 14.9 Å². The summed E-state index contributed by atoms with van der Waals surface area (Å²) in [6.07, 6.45) is 2.44. The Balaban J connectivity index is 1.40. The highest BCUT2D eigenvalue weighted by molar-refractivity contribution is 7.89. The molecule has 0 saturated carbocycles. The molecular formula is C22H23N5O5S. The van der Waals surface area contributed by atoms with Crippen LogP contribution < -0.4 is 5.32 Å². The first-order valence-electron chi connectivity index (χ1n) is 10.4. The van der Waals surface area contributed by atoms with Crippen molar-refractivity contribution in [3.8, 4) is 5.69 Å². The van der Waals surface area contributed by atoms with Crippen LogP contribution in [0.15, 0.2) is 65.7 Å². The molecule has 1 aromatic heterocycles. The maximum Gasteiger partial charge on any atom is 0.270 e. The van der Waals surface area contributed by atoms with Gasteiger partial charge in [0.15, 0.2) is 5.82 Å². The molecule has 2 heterocycles. The second kappa shape index (κ2) is 9.12. The molecule has 33 heavy (non-hydrogen) atoms. The van der Waals surface area contributed by atoms with Crippen LogP contribution in [0.5, 0.6) is 0 Å². The van der Waals surface area contributed by atoms with Crippen molar-refractivity contribution in [1.82, 2.24) is 14.1 Å². The number of aryl methyl sites for hydroxylation is 1. The predicted octanol–water partition coefficient (Wildman–Crippen LogP) is 3.13. The van der Waals surface area contributed by atoms with Crippen molar-refractivity contribution in [3.05, 3.63) is 76.5 Å². The van der Waals surface area contributed by atoms with E-state index in [2.05, 4.69) is 10.4 Å². The fraction of sp³-hybridized carbons (Fsp3) is 0.273. The fourth-order valence-corrected chi connectivity index (χ4v) is 5.54. The lowest BCUT2D eigenvalue weighted by Crippen LogP contribution is -2.41. The molecule has 10 nitrogen and oxygen atoms in total. The molecule has 1 fully saturated rings. The van der Waals surface area contributed by atoms with Crippen LogP contribution in [0, 0.1) is 23.0 Å². The number of rotatable bonds is 6. The Bertz CT molecular complexity index is 1280. The largest absolute Gasteiger partial charge is 0.309 e. The number of nitro groups is 1. The molecular weight excluding hydrogens is 446 g/mol. The van der Waals surface area contributed by atoms with E-state index in [0.717, 1.165) is 11.8 Å². The highest BCUT2D eigenvalue weighted by Gasteiger charge is 2.33. The number of piperidine rings is 1. The minimum atomic E-state index is -3.90. The topological polar surface area (TPSA) is 127 Å². The van der Waals surface area contributed by atoms with Crippen LogP contribution in [-0.4, -0.2) is 46.4 Å². The fourth-order valence-electron chi connectivity index (χ4n) is 3.82. The van der Waals surface area contributed by atoms with Gasteiger partial charge >= 0.3 is 0 Å². The number of non-ortho nitro benzene ring substituents is 1. The number of nitrogens with one attached hydrogen (secondary N) is 1. The number of nitro benzene ring substituents is 1. The van der Waals surface area contributed by atoms with Crippen molar-refractivity contribution in [2.75, 3.05) is 18.4 Å². The highest BCUT2D eigenvalue weighted by Crippen LogP contribution is 2.28. The Morgan fingerprint density at radius 3 is 2.48 bits per heavy atom. The van der Waals surface area contributed by atoms with E-state index in [1.54, 1.807) is 23.9 Å². The van der Waals surface area contributed by atoms with Crippen molar-refractivity contribution < 1.29 is 18.1 Å². The number of carbonyl (C=O) groups is 1. The summed E-state index contributed by atoms with van der Waals surface area (Å²) in [5.74, 6) is -0.146. The highest BCUT2D eigenvalue weighted by atomic mass is 32.2. The van der Waals surface area contributed by atoms with E-state index in [4.69, 9.17) is 0 Å². The summed E-state index contributed by atoms with van der Waals surface area (Å²) in [5.41, 5.74) is 1.03. The molecule has 4 rings (SSSR count). The number of sulfonamides is 1. The maximum absolute atomic E-state index is 13.1. The third kappa shape index (κ3) is 4.78. The number of benzene rings is 2. The molecule has 0 radical (unpaired) electrons. The predicted molar refractivity (Wildman–Crippen MR) is 122 cm³/mol. The molecule has 1 aliphatic heterocycles. The molecule has 0 unspecified atom stereocenters. The lowest BCUT2D eigenvalue weighted by atomic mass is 9.97. The van der Waals surface area contributed by atoms with Gasteiger partial charge in [0.2, 0.25) is 15.9 Å². The molecule has 2 aromatic carbocycles. The summed E-state index contributed by atoms with van der Waals surface area (Å²) < 4.78 is 29.1. The van der Waals surface area contributed by atoms with Crippen molar-refractivity contribution in [2.45, 2.75) is 24.7 Å². The number of aromatic nitrogens is 2. The van der Waals surface area contributed by atoms with Gasteiger partial charge in [0.25, 0.3) is 5.69 Å².